The molecule has 0 fully saturated rings. The standard InChI is InChI=1S/C16H25FN2/c1-7-10-19(16(3,4)5)15-9-8-13(17)11-14(15)12(2)18-6/h7-9,11-12,18H,1,10H2,2-6H3. The quantitative estimate of drug-likeness (QED) is 0.811. The van der Waals surface area contributed by atoms with E-state index in [0.29, 0.717) is 0 Å². The third kappa shape index (κ3) is 3.80. The maximum atomic E-state index is 13.5. The van der Waals surface area contributed by atoms with Gasteiger partial charge in [-0.25, -0.2) is 4.39 Å². The van der Waals surface area contributed by atoms with Gasteiger partial charge in [-0.2, -0.15) is 0 Å². The third-order valence-electron chi connectivity index (χ3n) is 3.30. The van der Waals surface area contributed by atoms with Crippen LogP contribution in [0.2, 0.25) is 0 Å². The van der Waals surface area contributed by atoms with Crippen LogP contribution in [0.15, 0.2) is 30.9 Å². The molecule has 1 unspecified atom stereocenters. The Kier molecular flexibility index (Phi) is 5.12. The number of nitrogens with one attached hydrogen (secondary N) is 1. The summed E-state index contributed by atoms with van der Waals surface area (Å²) in [6.45, 7) is 13.0. The second kappa shape index (κ2) is 6.20. The van der Waals surface area contributed by atoms with Crippen LogP contribution in [0.3, 0.4) is 0 Å². The fourth-order valence-corrected chi connectivity index (χ4v) is 2.14. The van der Waals surface area contributed by atoms with Crippen LogP contribution in [0.5, 0.6) is 0 Å². The molecule has 0 saturated heterocycles. The molecule has 1 N–H and O–H groups in total. The lowest BCUT2D eigenvalue weighted by atomic mass is 9.99. The van der Waals surface area contributed by atoms with Gasteiger partial charge < -0.3 is 10.2 Å². The van der Waals surface area contributed by atoms with E-state index in [1.54, 1.807) is 6.07 Å². The topological polar surface area (TPSA) is 15.3 Å². The Morgan fingerprint density at radius 1 is 1.42 bits per heavy atom. The van der Waals surface area contributed by atoms with Gasteiger partial charge in [-0.3, -0.25) is 0 Å². The van der Waals surface area contributed by atoms with Crippen molar-refractivity contribution in [2.75, 3.05) is 18.5 Å². The summed E-state index contributed by atoms with van der Waals surface area (Å²) in [5, 5.41) is 3.18. The number of anilines is 1. The molecular weight excluding hydrogens is 239 g/mol. The first-order chi connectivity index (χ1) is 8.81. The summed E-state index contributed by atoms with van der Waals surface area (Å²) in [5.41, 5.74) is 1.98. The van der Waals surface area contributed by atoms with Gasteiger partial charge >= 0.3 is 0 Å². The van der Waals surface area contributed by atoms with Gasteiger partial charge in [0.25, 0.3) is 0 Å². The lowest BCUT2D eigenvalue weighted by Gasteiger charge is -2.39. The minimum absolute atomic E-state index is 0.0474. The van der Waals surface area contributed by atoms with E-state index in [0.717, 1.165) is 17.8 Å². The van der Waals surface area contributed by atoms with Crippen LogP contribution in [0.4, 0.5) is 10.1 Å². The van der Waals surface area contributed by atoms with E-state index < -0.39 is 0 Å². The molecule has 1 atom stereocenters. The van der Waals surface area contributed by atoms with Crippen LogP contribution >= 0.6 is 0 Å². The van der Waals surface area contributed by atoms with Crippen LogP contribution < -0.4 is 10.2 Å². The molecule has 0 spiro atoms. The molecule has 0 aromatic heterocycles. The monoisotopic (exact) mass is 264 g/mol. The van der Waals surface area contributed by atoms with Crippen molar-refractivity contribution in [1.82, 2.24) is 5.32 Å². The molecule has 3 heteroatoms. The van der Waals surface area contributed by atoms with Gasteiger partial charge in [-0.1, -0.05) is 6.08 Å². The number of benzene rings is 1. The first-order valence-electron chi connectivity index (χ1n) is 6.66. The highest BCUT2D eigenvalue weighted by Gasteiger charge is 2.24. The van der Waals surface area contributed by atoms with Crippen molar-refractivity contribution in [3.8, 4) is 0 Å². The van der Waals surface area contributed by atoms with Gasteiger partial charge in [0, 0.05) is 23.8 Å². The maximum Gasteiger partial charge on any atom is 0.123 e. The molecular formula is C16H25FN2. The van der Waals surface area contributed by atoms with Gasteiger partial charge in [-0.15, -0.1) is 6.58 Å². The second-order valence-corrected chi connectivity index (χ2v) is 5.78. The molecule has 0 amide bonds. The van der Waals surface area contributed by atoms with Crippen molar-refractivity contribution in [2.45, 2.75) is 39.3 Å². The van der Waals surface area contributed by atoms with Gasteiger partial charge in [0.1, 0.15) is 5.82 Å². The van der Waals surface area contributed by atoms with Crippen molar-refractivity contribution in [3.05, 3.63) is 42.2 Å². The zero-order valence-electron chi connectivity index (χ0n) is 12.6. The van der Waals surface area contributed by atoms with Crippen LogP contribution in [-0.4, -0.2) is 19.1 Å². The molecule has 19 heavy (non-hydrogen) atoms. The van der Waals surface area contributed by atoms with E-state index in [9.17, 15) is 4.39 Å². The normalized spacial score (nSPS) is 13.2. The summed E-state index contributed by atoms with van der Waals surface area (Å²) in [6.07, 6.45) is 1.88. The molecule has 2 nitrogen and oxygen atoms in total. The van der Waals surface area contributed by atoms with E-state index in [2.05, 4.69) is 37.6 Å². The average molecular weight is 264 g/mol. The predicted octanol–water partition coefficient (Wildman–Crippen LogP) is 3.90. The third-order valence-corrected chi connectivity index (χ3v) is 3.30. The molecule has 0 aliphatic carbocycles. The highest BCUT2D eigenvalue weighted by molar-refractivity contribution is 5.57. The lowest BCUT2D eigenvalue weighted by Crippen LogP contribution is -2.42. The number of hydrogen-bond acceptors (Lipinski definition) is 2. The largest absolute Gasteiger partial charge is 0.363 e. The first-order valence-corrected chi connectivity index (χ1v) is 6.66. The number of halogens is 1. The molecule has 0 saturated carbocycles. The Bertz CT molecular complexity index is 435. The molecule has 106 valence electrons. The smallest absolute Gasteiger partial charge is 0.123 e. The Hall–Kier alpha value is -1.35. The van der Waals surface area contributed by atoms with E-state index in [1.807, 2.05) is 26.1 Å². The Labute approximate surface area is 116 Å². The van der Waals surface area contributed by atoms with Gasteiger partial charge in [0.05, 0.1) is 0 Å². The van der Waals surface area contributed by atoms with Crippen molar-refractivity contribution in [3.63, 3.8) is 0 Å². The summed E-state index contributed by atoms with van der Waals surface area (Å²) in [4.78, 5) is 2.24. The molecule has 0 bridgehead atoms. The van der Waals surface area contributed by atoms with Crippen LogP contribution in [0.1, 0.15) is 39.3 Å². The number of nitrogens with zero attached hydrogens (tertiary/aromatic N) is 1. The van der Waals surface area contributed by atoms with Crippen LogP contribution in [-0.2, 0) is 0 Å². The van der Waals surface area contributed by atoms with Crippen molar-refractivity contribution < 1.29 is 4.39 Å². The lowest BCUT2D eigenvalue weighted by molar-refractivity contribution is 0.515. The Morgan fingerprint density at radius 3 is 2.53 bits per heavy atom. The molecule has 0 heterocycles. The zero-order valence-corrected chi connectivity index (χ0v) is 12.6. The van der Waals surface area contributed by atoms with Crippen LogP contribution in [0, 0.1) is 5.82 Å². The zero-order chi connectivity index (χ0) is 14.6. The summed E-state index contributed by atoms with van der Waals surface area (Å²) in [6, 6.07) is 5.08. The highest BCUT2D eigenvalue weighted by atomic mass is 19.1. The molecule has 0 aliphatic heterocycles. The van der Waals surface area contributed by atoms with E-state index >= 15 is 0 Å². The van der Waals surface area contributed by atoms with Crippen molar-refractivity contribution in [2.24, 2.45) is 0 Å². The van der Waals surface area contributed by atoms with Gasteiger partial charge in [0.2, 0.25) is 0 Å². The predicted molar refractivity (Wildman–Crippen MR) is 81.2 cm³/mol. The van der Waals surface area contributed by atoms with E-state index in [1.165, 1.54) is 6.07 Å². The Balaban J connectivity index is 3.33. The summed E-state index contributed by atoms with van der Waals surface area (Å²) < 4.78 is 13.5. The van der Waals surface area contributed by atoms with Crippen molar-refractivity contribution in [1.29, 1.82) is 0 Å². The summed E-state index contributed by atoms with van der Waals surface area (Å²) in [7, 11) is 1.88. The number of rotatable bonds is 5. The molecule has 1 aromatic rings. The summed E-state index contributed by atoms with van der Waals surface area (Å²) in [5.74, 6) is -0.201. The molecule has 1 rings (SSSR count). The fraction of sp³-hybridized carbons (Fsp3) is 0.500. The average Bonchev–Trinajstić information content (AvgIpc) is 2.34. The minimum atomic E-state index is -0.201. The van der Waals surface area contributed by atoms with Crippen LogP contribution in [0.25, 0.3) is 0 Å². The summed E-state index contributed by atoms with van der Waals surface area (Å²) >= 11 is 0. The first kappa shape index (κ1) is 15.7. The minimum Gasteiger partial charge on any atom is -0.363 e. The van der Waals surface area contributed by atoms with E-state index in [-0.39, 0.29) is 17.4 Å². The number of hydrogen-bond donors (Lipinski definition) is 1. The maximum absolute atomic E-state index is 13.5. The molecule has 0 radical (unpaired) electrons. The highest BCUT2D eigenvalue weighted by Crippen LogP contribution is 2.31. The van der Waals surface area contributed by atoms with Gasteiger partial charge in [0.15, 0.2) is 0 Å². The second-order valence-electron chi connectivity index (χ2n) is 5.78. The fourth-order valence-electron chi connectivity index (χ4n) is 2.14. The molecule has 0 aliphatic rings. The Morgan fingerprint density at radius 2 is 2.05 bits per heavy atom. The molecule has 1 aromatic carbocycles. The van der Waals surface area contributed by atoms with E-state index in [4.69, 9.17) is 0 Å². The van der Waals surface area contributed by atoms with Crippen molar-refractivity contribution >= 4 is 5.69 Å². The van der Waals surface area contributed by atoms with Gasteiger partial charge in [-0.05, 0) is 58.5 Å². The SMILES string of the molecule is C=CCN(c1ccc(F)cc1C(C)NC)C(C)(C)C.